The summed E-state index contributed by atoms with van der Waals surface area (Å²) in [5.74, 6) is -3.55. The van der Waals surface area contributed by atoms with Gasteiger partial charge in [0.05, 0.1) is 6.10 Å². The van der Waals surface area contributed by atoms with Crippen molar-refractivity contribution in [2.45, 2.75) is 51.8 Å². The Morgan fingerprint density at radius 1 is 1.30 bits per heavy atom. The normalized spacial score (nSPS) is 25.9. The van der Waals surface area contributed by atoms with Crippen LogP contribution < -0.4 is 0 Å². The van der Waals surface area contributed by atoms with Crippen LogP contribution >= 0.6 is 0 Å². The Bertz CT molecular complexity index is 356. The number of ether oxygens (including phenoxy) is 3. The summed E-state index contributed by atoms with van der Waals surface area (Å²) in [7, 11) is 0. The Hall–Kier alpha value is -0.258. The molecule has 0 spiro atoms. The maximum Gasteiger partial charge on any atom is 2.00 e. The van der Waals surface area contributed by atoms with Crippen molar-refractivity contribution >= 4 is 11.9 Å². The quantitative estimate of drug-likeness (QED) is 0.509. The summed E-state index contributed by atoms with van der Waals surface area (Å²) in [6, 6.07) is 0. The number of hydrogen-bond donors (Lipinski definition) is 2. The standard InChI is InChI=1S/C12H18O7.U/c1-6(2)17-7(5-8(13)14)9-10(11(15)16)19-12(3,4)18-9;/h5,7,9-10H,1-4H3,(H,13,14)(H,15,16);/q-2;+2/t7-,9-,10+;/m1./s1. The molecule has 7 nitrogen and oxygen atoms in total. The molecule has 112 valence electrons. The van der Waals surface area contributed by atoms with Crippen molar-refractivity contribution in [3.63, 3.8) is 0 Å². The third-order valence-corrected chi connectivity index (χ3v) is 2.37. The van der Waals surface area contributed by atoms with Gasteiger partial charge in [-0.25, -0.2) is 10.9 Å². The third kappa shape index (κ3) is 5.62. The molecule has 0 unspecified atom stereocenters. The molecule has 0 amide bonds. The molecule has 1 fully saturated rings. The Morgan fingerprint density at radius 3 is 2.25 bits per heavy atom. The molecule has 1 saturated heterocycles. The molecule has 0 aromatic rings. The van der Waals surface area contributed by atoms with Gasteiger partial charge < -0.3 is 24.4 Å². The van der Waals surface area contributed by atoms with Gasteiger partial charge in [-0.2, -0.15) is 13.8 Å². The molecule has 3 atom stereocenters. The maximum atomic E-state index is 11.1. The van der Waals surface area contributed by atoms with Crippen LogP contribution in [0.5, 0.6) is 0 Å². The summed E-state index contributed by atoms with van der Waals surface area (Å²) >= 11 is 0. The Labute approximate surface area is 141 Å². The molecule has 0 saturated carbocycles. The molecule has 0 aliphatic carbocycles. The molecule has 1 rings (SSSR count). The van der Waals surface area contributed by atoms with Gasteiger partial charge in [0.25, 0.3) is 0 Å². The van der Waals surface area contributed by atoms with Crippen LogP contribution in [0, 0.1) is 43.6 Å². The molecule has 0 bridgehead atoms. The summed E-state index contributed by atoms with van der Waals surface area (Å²) < 4.78 is 16.0. The van der Waals surface area contributed by atoms with Crippen molar-refractivity contribution in [3.05, 3.63) is 12.5 Å². The molecule has 2 N–H and O–H groups in total. The fraction of sp³-hybridized carbons (Fsp3) is 0.667. The van der Waals surface area contributed by atoms with E-state index in [-0.39, 0.29) is 31.1 Å². The van der Waals surface area contributed by atoms with Gasteiger partial charge in [-0.3, -0.25) is 11.2 Å². The summed E-state index contributed by atoms with van der Waals surface area (Å²) in [5.41, 5.74) is 0. The minimum absolute atomic E-state index is 0. The monoisotopic (exact) mass is 512 g/mol. The first kappa shape index (κ1) is 19.7. The molecule has 0 radical (unpaired) electrons. The van der Waals surface area contributed by atoms with E-state index in [0.717, 1.165) is 6.42 Å². The van der Waals surface area contributed by atoms with Crippen LogP contribution in [-0.2, 0) is 23.8 Å². The zero-order chi connectivity index (χ0) is 14.8. The first-order chi connectivity index (χ1) is 8.62. The van der Waals surface area contributed by atoms with E-state index in [9.17, 15) is 9.59 Å². The van der Waals surface area contributed by atoms with Gasteiger partial charge in [0.2, 0.25) is 0 Å². The number of rotatable bonds is 6. The fourth-order valence-electron chi connectivity index (χ4n) is 1.83. The van der Waals surface area contributed by atoms with E-state index >= 15 is 0 Å². The molecular formula is C12H18O7U. The van der Waals surface area contributed by atoms with E-state index in [0.29, 0.717) is 6.10 Å². The van der Waals surface area contributed by atoms with Crippen molar-refractivity contribution in [2.75, 3.05) is 0 Å². The van der Waals surface area contributed by atoms with Crippen molar-refractivity contribution in [1.29, 1.82) is 0 Å². The van der Waals surface area contributed by atoms with Crippen LogP contribution in [0.1, 0.15) is 27.7 Å². The van der Waals surface area contributed by atoms with Crippen LogP contribution in [-0.4, -0.2) is 46.3 Å². The maximum absolute atomic E-state index is 11.1. The minimum atomic E-state index is -1.28. The van der Waals surface area contributed by atoms with Gasteiger partial charge in [0.1, 0.15) is 0 Å². The van der Waals surface area contributed by atoms with Crippen LogP contribution in [0.25, 0.3) is 0 Å². The predicted molar refractivity (Wildman–Crippen MR) is 62.9 cm³/mol. The molecule has 1 heterocycles. The van der Waals surface area contributed by atoms with Gasteiger partial charge in [-0.1, -0.05) is 6.10 Å². The van der Waals surface area contributed by atoms with Crippen LogP contribution in [0.4, 0.5) is 0 Å². The zero-order valence-corrected chi connectivity index (χ0v) is 15.9. The number of aliphatic carboxylic acids is 2. The zero-order valence-electron chi connectivity index (χ0n) is 11.7. The van der Waals surface area contributed by atoms with Crippen molar-refractivity contribution in [1.82, 2.24) is 0 Å². The first-order valence-corrected chi connectivity index (χ1v) is 5.75. The summed E-state index contributed by atoms with van der Waals surface area (Å²) in [4.78, 5) is 21.9. The first-order valence-electron chi connectivity index (χ1n) is 5.75. The van der Waals surface area contributed by atoms with Crippen molar-refractivity contribution < 1.29 is 65.1 Å². The van der Waals surface area contributed by atoms with E-state index in [1.807, 2.05) is 0 Å². The Morgan fingerprint density at radius 2 is 1.85 bits per heavy atom. The Balaban J connectivity index is 0.00000361. The van der Waals surface area contributed by atoms with Gasteiger partial charge in [-0.15, -0.1) is 0 Å². The second-order valence-corrected chi connectivity index (χ2v) is 4.85. The average molecular weight is 512 g/mol. The molecule has 20 heavy (non-hydrogen) atoms. The van der Waals surface area contributed by atoms with Crippen LogP contribution in [0.3, 0.4) is 0 Å². The van der Waals surface area contributed by atoms with Gasteiger partial charge in [0, 0.05) is 0 Å². The molecular weight excluding hydrogens is 494 g/mol. The number of carboxylic acid groups (broad SMARTS) is 2. The average Bonchev–Trinajstić information content (AvgIpc) is 2.52. The van der Waals surface area contributed by atoms with E-state index < -0.39 is 36.0 Å². The van der Waals surface area contributed by atoms with E-state index in [1.54, 1.807) is 27.7 Å². The summed E-state index contributed by atoms with van der Waals surface area (Å²) in [6.07, 6.45) is -1.99. The predicted octanol–water partition coefficient (Wildman–Crippen LogP) is 0.837. The van der Waals surface area contributed by atoms with Crippen LogP contribution in [0.15, 0.2) is 0 Å². The number of hydrogen-bond acceptors (Lipinski definition) is 5. The van der Waals surface area contributed by atoms with Gasteiger partial charge in [-0.05, 0) is 13.8 Å². The van der Waals surface area contributed by atoms with E-state index in [1.165, 1.54) is 0 Å². The summed E-state index contributed by atoms with van der Waals surface area (Å²) in [5, 5.41) is 17.9. The van der Waals surface area contributed by atoms with Gasteiger partial charge in [0.15, 0.2) is 17.9 Å². The van der Waals surface area contributed by atoms with Gasteiger partial charge >= 0.3 is 37.1 Å². The molecule has 1 aliphatic heterocycles. The third-order valence-electron chi connectivity index (χ3n) is 2.37. The summed E-state index contributed by atoms with van der Waals surface area (Å²) in [6.45, 7) is 6.39. The van der Waals surface area contributed by atoms with Crippen molar-refractivity contribution in [3.8, 4) is 0 Å². The van der Waals surface area contributed by atoms with E-state index in [4.69, 9.17) is 24.4 Å². The molecule has 8 heteroatoms. The smallest absolute Gasteiger partial charge is 0.566 e. The fourth-order valence-corrected chi connectivity index (χ4v) is 1.83. The SMILES string of the molecule is C[C-](C)O[C@H]([CH-]C(=O)O)[C@H]1OC(C)(C)O[C@@H]1C(=O)O.[U+2]. The molecule has 0 aromatic carbocycles. The number of carboxylic acids is 2. The molecule has 0 aromatic heterocycles. The molecule has 1 aliphatic rings. The number of carbonyl (C=O) groups is 2. The largest absolute Gasteiger partial charge is 2.00 e. The second kappa shape index (κ2) is 7.67. The van der Waals surface area contributed by atoms with E-state index in [2.05, 4.69) is 0 Å². The minimum Gasteiger partial charge on any atom is -0.566 e. The second-order valence-electron chi connectivity index (χ2n) is 4.85. The topological polar surface area (TPSA) is 102 Å². The van der Waals surface area contributed by atoms with Crippen LogP contribution in [0.2, 0.25) is 0 Å². The van der Waals surface area contributed by atoms with Crippen molar-refractivity contribution in [2.24, 2.45) is 0 Å². The Kier molecular flexibility index (Phi) is 7.57.